The van der Waals surface area contributed by atoms with Gasteiger partial charge in [0.15, 0.2) is 0 Å². The zero-order chi connectivity index (χ0) is 7.84. The van der Waals surface area contributed by atoms with Crippen molar-refractivity contribution in [2.75, 3.05) is 5.32 Å². The largest absolute Gasteiger partial charge is 0.324 e. The molecule has 0 fully saturated rings. The summed E-state index contributed by atoms with van der Waals surface area (Å²) in [5.74, 6) is 0.0867. The minimum atomic E-state index is 0.0867. The van der Waals surface area contributed by atoms with Gasteiger partial charge in [-0.1, -0.05) is 0 Å². The molecule has 1 aromatic heterocycles. The SMILES string of the molecule is Cc1ncc2c(p1)CC(=O)N2. The molecule has 0 saturated heterocycles. The normalized spacial score (nSPS) is 15.2. The number of hydrogen-bond acceptors (Lipinski definition) is 2. The molecular weight excluding hydrogens is 159 g/mol. The lowest BCUT2D eigenvalue weighted by Crippen LogP contribution is -2.03. The molecule has 1 amide bonds. The standard InChI is InChI=1S/C7H7N2OP/c1-4-8-3-5-6(11-4)2-7(10)9-5/h3H,2H2,1H3,(H,9,10). The Kier molecular flexibility index (Phi) is 1.40. The molecule has 0 radical (unpaired) electrons. The zero-order valence-corrected chi connectivity index (χ0v) is 6.98. The van der Waals surface area contributed by atoms with Gasteiger partial charge >= 0.3 is 0 Å². The van der Waals surface area contributed by atoms with Crippen LogP contribution in [0.25, 0.3) is 0 Å². The monoisotopic (exact) mass is 166 g/mol. The number of rotatable bonds is 0. The summed E-state index contributed by atoms with van der Waals surface area (Å²) in [6, 6.07) is 0. The summed E-state index contributed by atoms with van der Waals surface area (Å²) in [5.41, 5.74) is 1.96. The Balaban J connectivity index is 2.51. The van der Waals surface area contributed by atoms with Crippen molar-refractivity contribution in [2.24, 2.45) is 0 Å². The van der Waals surface area contributed by atoms with Crippen LogP contribution in [0.5, 0.6) is 0 Å². The van der Waals surface area contributed by atoms with E-state index in [0.717, 1.165) is 24.6 Å². The van der Waals surface area contributed by atoms with Crippen molar-refractivity contribution >= 4 is 19.8 Å². The highest BCUT2D eigenvalue weighted by atomic mass is 31.0. The van der Waals surface area contributed by atoms with Crippen LogP contribution >= 0.6 is 8.19 Å². The predicted octanol–water partition coefficient (Wildman–Crippen LogP) is 1.46. The molecule has 2 heterocycles. The van der Waals surface area contributed by atoms with Gasteiger partial charge in [0.1, 0.15) is 0 Å². The van der Waals surface area contributed by atoms with Crippen LogP contribution in [0, 0.1) is 6.92 Å². The van der Waals surface area contributed by atoms with Gasteiger partial charge in [0, 0.05) is 5.30 Å². The maximum atomic E-state index is 10.9. The Hall–Kier alpha value is -0.950. The number of aryl methyl sites for hydroxylation is 1. The third-order valence-electron chi connectivity index (χ3n) is 1.59. The lowest BCUT2D eigenvalue weighted by atomic mass is 10.4. The predicted molar refractivity (Wildman–Crippen MR) is 43.8 cm³/mol. The van der Waals surface area contributed by atoms with E-state index in [-0.39, 0.29) is 5.91 Å². The molecule has 1 N–H and O–H groups in total. The molecule has 4 heteroatoms. The second-order valence-electron chi connectivity index (χ2n) is 2.50. The number of nitrogens with zero attached hydrogens (tertiary/aromatic N) is 1. The molecule has 1 aliphatic heterocycles. The molecule has 0 aliphatic carbocycles. The average Bonchev–Trinajstić information content (AvgIpc) is 2.27. The molecule has 3 nitrogen and oxygen atoms in total. The average molecular weight is 166 g/mol. The van der Waals surface area contributed by atoms with Crippen molar-refractivity contribution in [1.82, 2.24) is 4.98 Å². The molecule has 0 atom stereocenters. The van der Waals surface area contributed by atoms with Gasteiger partial charge in [0.25, 0.3) is 0 Å². The maximum Gasteiger partial charge on any atom is 0.229 e. The number of nitrogens with one attached hydrogen (secondary N) is 1. The summed E-state index contributed by atoms with van der Waals surface area (Å²) in [6.07, 6.45) is 2.27. The van der Waals surface area contributed by atoms with E-state index < -0.39 is 0 Å². The second kappa shape index (κ2) is 2.28. The van der Waals surface area contributed by atoms with E-state index in [0.29, 0.717) is 6.42 Å². The molecule has 0 saturated carbocycles. The molecule has 0 unspecified atom stereocenters. The Morgan fingerprint density at radius 1 is 1.73 bits per heavy atom. The van der Waals surface area contributed by atoms with E-state index >= 15 is 0 Å². The van der Waals surface area contributed by atoms with Crippen molar-refractivity contribution in [3.63, 3.8) is 0 Å². The summed E-state index contributed by atoms with van der Waals surface area (Å²) in [7, 11) is 1.09. The summed E-state index contributed by atoms with van der Waals surface area (Å²) in [5, 5.41) is 3.90. The first kappa shape index (κ1) is 6.74. The van der Waals surface area contributed by atoms with Gasteiger partial charge in [0.05, 0.1) is 23.7 Å². The van der Waals surface area contributed by atoms with Gasteiger partial charge in [-0.2, -0.15) is 0 Å². The van der Waals surface area contributed by atoms with Gasteiger partial charge in [0.2, 0.25) is 5.91 Å². The molecule has 2 rings (SSSR count). The second-order valence-corrected chi connectivity index (χ2v) is 3.91. The molecule has 0 spiro atoms. The van der Waals surface area contributed by atoms with Crippen molar-refractivity contribution < 1.29 is 4.79 Å². The van der Waals surface area contributed by atoms with Gasteiger partial charge in [-0.3, -0.25) is 9.78 Å². The number of aromatic nitrogens is 1. The lowest BCUT2D eigenvalue weighted by Gasteiger charge is -1.95. The van der Waals surface area contributed by atoms with E-state index in [1.54, 1.807) is 6.20 Å². The first-order valence-electron chi connectivity index (χ1n) is 3.38. The number of amides is 1. The fraction of sp³-hybridized carbons (Fsp3) is 0.286. The Morgan fingerprint density at radius 3 is 3.36 bits per heavy atom. The van der Waals surface area contributed by atoms with Crippen LogP contribution in [-0.2, 0) is 11.2 Å². The van der Waals surface area contributed by atoms with Gasteiger partial charge in [-0.25, -0.2) is 0 Å². The maximum absolute atomic E-state index is 10.9. The summed E-state index contributed by atoms with van der Waals surface area (Å²) >= 11 is 0. The lowest BCUT2D eigenvalue weighted by molar-refractivity contribution is -0.115. The highest BCUT2D eigenvalue weighted by Crippen LogP contribution is 2.30. The number of fused-ring (bicyclic) bond motifs is 1. The van der Waals surface area contributed by atoms with Gasteiger partial charge in [-0.15, -0.1) is 0 Å². The van der Waals surface area contributed by atoms with Crippen molar-refractivity contribution in [3.05, 3.63) is 16.9 Å². The van der Waals surface area contributed by atoms with Crippen molar-refractivity contribution in [3.8, 4) is 0 Å². The summed E-state index contributed by atoms with van der Waals surface area (Å²) in [6.45, 7) is 1.96. The molecule has 1 aromatic rings. The fourth-order valence-corrected chi connectivity index (χ4v) is 2.07. The zero-order valence-electron chi connectivity index (χ0n) is 6.09. The molecule has 0 bridgehead atoms. The number of carbonyl (C=O) groups is 1. The van der Waals surface area contributed by atoms with Crippen LogP contribution < -0.4 is 5.32 Å². The van der Waals surface area contributed by atoms with Crippen molar-refractivity contribution in [1.29, 1.82) is 0 Å². The number of hydrogen-bond donors (Lipinski definition) is 1. The summed E-state index contributed by atoms with van der Waals surface area (Å²) in [4.78, 5) is 15.0. The van der Waals surface area contributed by atoms with Crippen LogP contribution in [0.15, 0.2) is 6.20 Å². The molecule has 0 aromatic carbocycles. The smallest absolute Gasteiger partial charge is 0.229 e. The first-order valence-corrected chi connectivity index (χ1v) is 4.27. The van der Waals surface area contributed by atoms with Crippen LogP contribution in [0.1, 0.15) is 10.7 Å². The number of carbonyl (C=O) groups excluding carboxylic acids is 1. The van der Waals surface area contributed by atoms with Crippen LogP contribution in [0.2, 0.25) is 0 Å². The highest BCUT2D eigenvalue weighted by molar-refractivity contribution is 7.32. The van der Waals surface area contributed by atoms with Crippen LogP contribution in [0.3, 0.4) is 0 Å². The third-order valence-corrected chi connectivity index (χ3v) is 2.70. The minimum Gasteiger partial charge on any atom is -0.324 e. The van der Waals surface area contributed by atoms with Gasteiger partial charge < -0.3 is 5.32 Å². The number of anilines is 1. The van der Waals surface area contributed by atoms with E-state index in [1.807, 2.05) is 6.92 Å². The van der Waals surface area contributed by atoms with E-state index in [4.69, 9.17) is 0 Å². The van der Waals surface area contributed by atoms with Gasteiger partial charge in [-0.05, 0) is 15.1 Å². The Bertz CT molecular complexity index is 324. The van der Waals surface area contributed by atoms with Crippen LogP contribution in [0.4, 0.5) is 5.69 Å². The quantitative estimate of drug-likeness (QED) is 0.634. The van der Waals surface area contributed by atoms with Crippen molar-refractivity contribution in [2.45, 2.75) is 13.3 Å². The topological polar surface area (TPSA) is 42.0 Å². The van der Waals surface area contributed by atoms with E-state index in [2.05, 4.69) is 10.3 Å². The Morgan fingerprint density at radius 2 is 2.55 bits per heavy atom. The fourth-order valence-electron chi connectivity index (χ4n) is 1.10. The molecule has 11 heavy (non-hydrogen) atoms. The van der Waals surface area contributed by atoms with E-state index in [9.17, 15) is 4.79 Å². The molecular formula is C7H7N2OP. The summed E-state index contributed by atoms with van der Waals surface area (Å²) < 4.78 is 0. The van der Waals surface area contributed by atoms with E-state index in [1.165, 1.54) is 0 Å². The first-order chi connectivity index (χ1) is 5.25. The molecule has 56 valence electrons. The Labute approximate surface area is 65.9 Å². The third kappa shape index (κ3) is 1.12. The highest BCUT2D eigenvalue weighted by Gasteiger charge is 2.17. The molecule has 1 aliphatic rings. The van der Waals surface area contributed by atoms with Crippen LogP contribution in [-0.4, -0.2) is 10.9 Å². The minimum absolute atomic E-state index is 0.0867.